The van der Waals surface area contributed by atoms with E-state index in [1.165, 1.54) is 0 Å². The molecule has 0 unspecified atom stereocenters. The van der Waals surface area contributed by atoms with Crippen LogP contribution in [0.5, 0.6) is 0 Å². The summed E-state index contributed by atoms with van der Waals surface area (Å²) in [7, 11) is 0. The first-order valence-electron chi connectivity index (χ1n) is 4.83. The fraction of sp³-hybridized carbons (Fsp3) is 0.333. The number of nitro groups is 1. The fourth-order valence-electron chi connectivity index (χ4n) is 1.68. The maximum absolute atomic E-state index is 10.5. The highest BCUT2D eigenvalue weighted by Gasteiger charge is 2.24. The molecule has 2 aliphatic rings. The van der Waals surface area contributed by atoms with Gasteiger partial charge in [0.15, 0.2) is 0 Å². The van der Waals surface area contributed by atoms with Crippen molar-refractivity contribution in [3.63, 3.8) is 0 Å². The zero-order valence-electron chi connectivity index (χ0n) is 8.37. The zero-order chi connectivity index (χ0) is 11.5. The van der Waals surface area contributed by atoms with Crippen LogP contribution in [0, 0.1) is 10.1 Å². The molecule has 1 saturated heterocycles. The minimum Gasteiger partial charge on any atom is -0.341 e. The van der Waals surface area contributed by atoms with Gasteiger partial charge in [0.1, 0.15) is 10.9 Å². The second-order valence-electron chi connectivity index (χ2n) is 3.43. The highest BCUT2D eigenvalue weighted by atomic mass is 35.5. The number of nitrogens with one attached hydrogen (secondary N) is 3. The van der Waals surface area contributed by atoms with Gasteiger partial charge in [-0.2, -0.15) is 0 Å². The van der Waals surface area contributed by atoms with Gasteiger partial charge in [-0.05, 0) is 6.08 Å². The first kappa shape index (κ1) is 11.1. The van der Waals surface area contributed by atoms with Crippen molar-refractivity contribution < 1.29 is 4.92 Å². The van der Waals surface area contributed by atoms with Gasteiger partial charge < -0.3 is 5.32 Å². The lowest BCUT2D eigenvalue weighted by Gasteiger charge is -2.20. The number of hydrogen-bond donors (Lipinski definition) is 3. The Balaban J connectivity index is 2.26. The molecule has 0 atom stereocenters. The Morgan fingerprint density at radius 3 is 2.75 bits per heavy atom. The summed E-state index contributed by atoms with van der Waals surface area (Å²) in [6.45, 7) is 1.68. The van der Waals surface area contributed by atoms with E-state index < -0.39 is 4.92 Å². The van der Waals surface area contributed by atoms with E-state index in [2.05, 4.69) is 16.0 Å². The molecule has 0 aliphatic carbocycles. The summed E-state index contributed by atoms with van der Waals surface area (Å²) < 4.78 is 0. The van der Waals surface area contributed by atoms with E-state index in [4.69, 9.17) is 11.6 Å². The van der Waals surface area contributed by atoms with Gasteiger partial charge in [-0.15, -0.1) is 0 Å². The summed E-state index contributed by atoms with van der Waals surface area (Å²) in [6, 6.07) is 0. The van der Waals surface area contributed by atoms with E-state index in [9.17, 15) is 10.1 Å². The Kier molecular flexibility index (Phi) is 3.23. The molecule has 7 heteroatoms. The second-order valence-corrected chi connectivity index (χ2v) is 3.84. The van der Waals surface area contributed by atoms with E-state index in [0.29, 0.717) is 10.9 Å². The second kappa shape index (κ2) is 4.65. The predicted molar refractivity (Wildman–Crippen MR) is 60.0 cm³/mol. The largest absolute Gasteiger partial charge is 0.341 e. The number of allylic oxidation sites excluding steroid dienone is 2. The van der Waals surface area contributed by atoms with Gasteiger partial charge in [0.05, 0.1) is 11.1 Å². The van der Waals surface area contributed by atoms with E-state index in [-0.39, 0.29) is 6.17 Å². The molecule has 1 fully saturated rings. The summed E-state index contributed by atoms with van der Waals surface area (Å²) in [5.41, 5.74) is 1.20. The van der Waals surface area contributed by atoms with Gasteiger partial charge in [-0.25, -0.2) is 0 Å². The SMILES string of the molecule is O=[N+]([O-])C=C1NC(Cl)=CC=C1C1NCCN1. The molecular formula is C9H11ClN4O2. The summed E-state index contributed by atoms with van der Waals surface area (Å²) >= 11 is 5.77. The van der Waals surface area contributed by atoms with Crippen molar-refractivity contribution in [2.75, 3.05) is 13.1 Å². The molecule has 16 heavy (non-hydrogen) atoms. The summed E-state index contributed by atoms with van der Waals surface area (Å²) in [5, 5.41) is 20.0. The number of dihydropyridines is 1. The fourth-order valence-corrected chi connectivity index (χ4v) is 1.85. The topological polar surface area (TPSA) is 79.2 Å². The van der Waals surface area contributed by atoms with Gasteiger partial charge in [-0.1, -0.05) is 17.7 Å². The summed E-state index contributed by atoms with van der Waals surface area (Å²) in [4.78, 5) is 9.99. The lowest BCUT2D eigenvalue weighted by molar-refractivity contribution is -0.403. The molecule has 2 rings (SSSR count). The monoisotopic (exact) mass is 242 g/mol. The average Bonchev–Trinajstić information content (AvgIpc) is 2.69. The maximum atomic E-state index is 10.5. The Morgan fingerprint density at radius 2 is 2.12 bits per heavy atom. The molecule has 0 spiro atoms. The van der Waals surface area contributed by atoms with Crippen LogP contribution in [0.25, 0.3) is 0 Å². The molecule has 0 bridgehead atoms. The van der Waals surface area contributed by atoms with Crippen LogP contribution in [0.2, 0.25) is 0 Å². The molecule has 0 saturated carbocycles. The van der Waals surface area contributed by atoms with Gasteiger partial charge in [-0.3, -0.25) is 20.7 Å². The summed E-state index contributed by atoms with van der Waals surface area (Å²) in [5.74, 6) is 0. The van der Waals surface area contributed by atoms with Crippen LogP contribution in [-0.4, -0.2) is 24.2 Å². The van der Waals surface area contributed by atoms with Crippen LogP contribution in [0.3, 0.4) is 0 Å². The van der Waals surface area contributed by atoms with Crippen LogP contribution in [-0.2, 0) is 0 Å². The Bertz CT molecular complexity index is 396. The van der Waals surface area contributed by atoms with Crippen LogP contribution < -0.4 is 16.0 Å². The van der Waals surface area contributed by atoms with E-state index >= 15 is 0 Å². The molecule has 0 aromatic rings. The lowest BCUT2D eigenvalue weighted by atomic mass is 10.1. The van der Waals surface area contributed by atoms with E-state index in [1.807, 2.05) is 0 Å². The first-order valence-corrected chi connectivity index (χ1v) is 5.21. The third-order valence-electron chi connectivity index (χ3n) is 2.34. The summed E-state index contributed by atoms with van der Waals surface area (Å²) in [6.07, 6.45) is 4.29. The average molecular weight is 243 g/mol. The van der Waals surface area contributed by atoms with Crippen molar-refractivity contribution in [3.8, 4) is 0 Å². The minimum atomic E-state index is -0.499. The van der Waals surface area contributed by atoms with Crippen molar-refractivity contribution in [2.24, 2.45) is 0 Å². The quantitative estimate of drug-likeness (QED) is 0.367. The zero-order valence-corrected chi connectivity index (χ0v) is 9.12. The van der Waals surface area contributed by atoms with E-state index in [1.54, 1.807) is 12.2 Å². The van der Waals surface area contributed by atoms with Crippen molar-refractivity contribution in [3.05, 3.63) is 44.9 Å². The van der Waals surface area contributed by atoms with Gasteiger partial charge in [0, 0.05) is 18.7 Å². The van der Waals surface area contributed by atoms with Gasteiger partial charge in [0.2, 0.25) is 0 Å². The highest BCUT2D eigenvalue weighted by Crippen LogP contribution is 2.20. The van der Waals surface area contributed by atoms with Gasteiger partial charge in [0.25, 0.3) is 6.20 Å². The predicted octanol–water partition coefficient (Wildman–Crippen LogP) is 0.233. The van der Waals surface area contributed by atoms with Crippen molar-refractivity contribution in [1.29, 1.82) is 0 Å². The van der Waals surface area contributed by atoms with Gasteiger partial charge >= 0.3 is 0 Å². The number of hydrogen-bond acceptors (Lipinski definition) is 5. The van der Waals surface area contributed by atoms with Crippen molar-refractivity contribution in [1.82, 2.24) is 16.0 Å². The molecule has 2 heterocycles. The van der Waals surface area contributed by atoms with E-state index in [0.717, 1.165) is 24.9 Å². The van der Waals surface area contributed by atoms with Crippen LogP contribution >= 0.6 is 11.6 Å². The number of halogens is 1. The van der Waals surface area contributed by atoms with Crippen LogP contribution in [0.1, 0.15) is 0 Å². The normalized spacial score (nSPS) is 23.9. The third-order valence-corrected chi connectivity index (χ3v) is 2.56. The molecule has 0 aromatic carbocycles. The first-order chi connectivity index (χ1) is 7.66. The molecule has 0 radical (unpaired) electrons. The molecule has 86 valence electrons. The molecule has 0 aromatic heterocycles. The molecule has 6 nitrogen and oxygen atoms in total. The Labute approximate surface area is 97.2 Å². The molecule has 2 aliphatic heterocycles. The Hall–Kier alpha value is -1.37. The van der Waals surface area contributed by atoms with Crippen LogP contribution in [0.4, 0.5) is 0 Å². The smallest absolute Gasteiger partial charge is 0.258 e. The third kappa shape index (κ3) is 2.41. The van der Waals surface area contributed by atoms with Crippen molar-refractivity contribution >= 4 is 11.6 Å². The number of nitrogens with zero attached hydrogens (tertiary/aromatic N) is 1. The number of rotatable bonds is 2. The molecular weight excluding hydrogens is 232 g/mol. The highest BCUT2D eigenvalue weighted by molar-refractivity contribution is 6.29. The molecule has 0 amide bonds. The molecule has 3 N–H and O–H groups in total. The minimum absolute atomic E-state index is 0.0697. The van der Waals surface area contributed by atoms with Crippen LogP contribution in [0.15, 0.2) is 34.8 Å². The van der Waals surface area contributed by atoms with Crippen molar-refractivity contribution in [2.45, 2.75) is 6.17 Å². The standard InChI is InChI=1S/C9H11ClN4O2/c10-8-2-1-6(9-11-3-4-12-9)7(13-8)5-14(15)16/h1-2,5,9,11-13H,3-4H2. The lowest BCUT2D eigenvalue weighted by Crippen LogP contribution is -2.37. The Morgan fingerprint density at radius 1 is 1.44 bits per heavy atom. The maximum Gasteiger partial charge on any atom is 0.258 e.